The molecule has 1 aliphatic heterocycles. The molecule has 0 aromatic carbocycles. The van der Waals surface area contributed by atoms with E-state index in [4.69, 9.17) is 0 Å². The predicted octanol–water partition coefficient (Wildman–Crippen LogP) is 1.44. The van der Waals surface area contributed by atoms with Crippen molar-refractivity contribution in [2.45, 2.75) is 26.3 Å². The Balaban J connectivity index is 2.72. The molecule has 1 rings (SSSR count). The summed E-state index contributed by atoms with van der Waals surface area (Å²) in [6, 6.07) is 0.548. The minimum Gasteiger partial charge on any atom is -0.222 e. The van der Waals surface area contributed by atoms with Gasteiger partial charge in [0.15, 0.2) is 6.21 Å². The Labute approximate surface area is 68.4 Å². The van der Waals surface area contributed by atoms with Gasteiger partial charge < -0.3 is 0 Å². The maximum absolute atomic E-state index is 3.11. The minimum atomic E-state index is 0.548. The molecule has 1 aliphatic rings. The quantitative estimate of drug-likeness (QED) is 0.391. The van der Waals surface area contributed by atoms with Gasteiger partial charge in [-0.05, 0) is 25.8 Å². The summed E-state index contributed by atoms with van der Waals surface area (Å²) in [6.07, 6.45) is 7.16. The van der Waals surface area contributed by atoms with Crippen LogP contribution in [-0.2, 0) is 0 Å². The van der Waals surface area contributed by atoms with Crippen molar-refractivity contribution in [3.05, 3.63) is 12.2 Å². The largest absolute Gasteiger partial charge is 0.222 e. The van der Waals surface area contributed by atoms with Gasteiger partial charge in [0.2, 0.25) is 6.54 Å². The zero-order valence-electron chi connectivity index (χ0n) is 7.17. The molecule has 0 N–H and O–H groups in total. The number of hydrogen-bond donors (Lipinski definition) is 0. The highest BCUT2D eigenvalue weighted by Crippen LogP contribution is 1.89. The van der Waals surface area contributed by atoms with Crippen LogP contribution in [0.25, 0.3) is 0 Å². The lowest BCUT2D eigenvalue weighted by Crippen LogP contribution is -2.21. The molecule has 1 heterocycles. The van der Waals surface area contributed by atoms with Crippen LogP contribution in [0, 0.1) is 11.8 Å². The SMILES string of the molecule is CC(C)/[N+]1=C/C=C\CC#CC1. The van der Waals surface area contributed by atoms with E-state index in [0.29, 0.717) is 6.04 Å². The van der Waals surface area contributed by atoms with E-state index in [2.05, 4.69) is 48.6 Å². The van der Waals surface area contributed by atoms with Crippen molar-refractivity contribution in [3.8, 4) is 11.8 Å². The van der Waals surface area contributed by atoms with Crippen LogP contribution in [-0.4, -0.2) is 23.4 Å². The zero-order chi connectivity index (χ0) is 8.10. The Hall–Kier alpha value is -1.03. The molecule has 0 amide bonds. The number of allylic oxidation sites excluding steroid dienone is 2. The summed E-state index contributed by atoms with van der Waals surface area (Å²) in [5.41, 5.74) is 0. The molecule has 0 bridgehead atoms. The van der Waals surface area contributed by atoms with E-state index in [1.165, 1.54) is 0 Å². The average molecular weight is 148 g/mol. The van der Waals surface area contributed by atoms with Crippen LogP contribution in [0.5, 0.6) is 0 Å². The van der Waals surface area contributed by atoms with E-state index < -0.39 is 0 Å². The molecular weight excluding hydrogens is 134 g/mol. The van der Waals surface area contributed by atoms with Crippen LogP contribution in [0.3, 0.4) is 0 Å². The summed E-state index contributed by atoms with van der Waals surface area (Å²) in [6.45, 7) is 5.21. The fourth-order valence-corrected chi connectivity index (χ4v) is 0.925. The lowest BCUT2D eigenvalue weighted by atomic mass is 10.3. The summed E-state index contributed by atoms with van der Waals surface area (Å²) >= 11 is 0. The fourth-order valence-electron chi connectivity index (χ4n) is 0.925. The molecular formula is C10H14N+. The van der Waals surface area contributed by atoms with Crippen LogP contribution >= 0.6 is 0 Å². The van der Waals surface area contributed by atoms with Crippen LogP contribution in [0.4, 0.5) is 0 Å². The van der Waals surface area contributed by atoms with E-state index in [1.807, 2.05) is 0 Å². The second kappa shape index (κ2) is 3.98. The topological polar surface area (TPSA) is 3.01 Å². The first-order valence-corrected chi connectivity index (χ1v) is 4.02. The summed E-state index contributed by atoms with van der Waals surface area (Å²) in [4.78, 5) is 0. The zero-order valence-corrected chi connectivity index (χ0v) is 7.17. The highest BCUT2D eigenvalue weighted by Gasteiger charge is 2.05. The molecule has 0 radical (unpaired) electrons. The molecule has 0 saturated heterocycles. The van der Waals surface area contributed by atoms with Crippen molar-refractivity contribution in [1.82, 2.24) is 0 Å². The standard InChI is InChI=1S/C10H14N/c1-10(2)11-8-6-4-3-5-7-9-11/h4,6,8,10H,3,9H2,1-2H3/q+1/b6-4-,11-8+. The van der Waals surface area contributed by atoms with Crippen molar-refractivity contribution < 1.29 is 4.58 Å². The smallest absolute Gasteiger partial charge is 0.203 e. The maximum Gasteiger partial charge on any atom is 0.203 e. The van der Waals surface area contributed by atoms with Gasteiger partial charge in [-0.25, -0.2) is 4.58 Å². The first-order valence-electron chi connectivity index (χ1n) is 4.02. The number of rotatable bonds is 1. The molecule has 0 fully saturated rings. The van der Waals surface area contributed by atoms with E-state index in [0.717, 1.165) is 13.0 Å². The van der Waals surface area contributed by atoms with Gasteiger partial charge in [0.1, 0.15) is 6.04 Å². The summed E-state index contributed by atoms with van der Waals surface area (Å²) in [7, 11) is 0. The molecule has 58 valence electrons. The molecule has 1 nitrogen and oxygen atoms in total. The normalized spacial score (nSPS) is 24.1. The monoisotopic (exact) mass is 148 g/mol. The second-order valence-electron chi connectivity index (χ2n) is 2.90. The third-order valence-electron chi connectivity index (χ3n) is 1.68. The molecule has 11 heavy (non-hydrogen) atoms. The first-order chi connectivity index (χ1) is 5.30. The molecule has 1 heteroatoms. The van der Waals surface area contributed by atoms with Crippen molar-refractivity contribution in [2.24, 2.45) is 0 Å². The Morgan fingerprint density at radius 1 is 1.36 bits per heavy atom. The van der Waals surface area contributed by atoms with Gasteiger partial charge in [-0.1, -0.05) is 12.0 Å². The van der Waals surface area contributed by atoms with Crippen LogP contribution in [0.2, 0.25) is 0 Å². The fraction of sp³-hybridized carbons (Fsp3) is 0.500. The molecule has 0 saturated carbocycles. The first kappa shape index (κ1) is 8.07. The van der Waals surface area contributed by atoms with E-state index in [1.54, 1.807) is 0 Å². The Morgan fingerprint density at radius 2 is 2.18 bits per heavy atom. The van der Waals surface area contributed by atoms with E-state index in [9.17, 15) is 0 Å². The van der Waals surface area contributed by atoms with Gasteiger partial charge in [0.05, 0.1) is 0 Å². The molecule has 0 unspecified atom stereocenters. The van der Waals surface area contributed by atoms with Crippen molar-refractivity contribution >= 4 is 6.21 Å². The third kappa shape index (κ3) is 2.59. The van der Waals surface area contributed by atoms with Gasteiger partial charge in [0.25, 0.3) is 0 Å². The van der Waals surface area contributed by atoms with Gasteiger partial charge in [-0.15, -0.1) is 0 Å². The second-order valence-corrected chi connectivity index (χ2v) is 2.90. The van der Waals surface area contributed by atoms with Gasteiger partial charge in [-0.2, -0.15) is 0 Å². The minimum absolute atomic E-state index is 0.548. The van der Waals surface area contributed by atoms with E-state index >= 15 is 0 Å². The molecule has 0 spiro atoms. The highest BCUT2D eigenvalue weighted by atomic mass is 15.0. The Bertz CT molecular complexity index is 235. The highest BCUT2D eigenvalue weighted by molar-refractivity contribution is 5.66. The van der Waals surface area contributed by atoms with E-state index in [-0.39, 0.29) is 0 Å². The van der Waals surface area contributed by atoms with Crippen molar-refractivity contribution in [3.63, 3.8) is 0 Å². The predicted molar refractivity (Wildman–Crippen MR) is 47.9 cm³/mol. The van der Waals surface area contributed by atoms with Crippen LogP contribution in [0.1, 0.15) is 20.3 Å². The molecule has 0 aromatic heterocycles. The molecule has 0 aliphatic carbocycles. The summed E-state index contributed by atoms with van der Waals surface area (Å²) in [5, 5.41) is 0. The summed E-state index contributed by atoms with van der Waals surface area (Å²) in [5.74, 6) is 6.19. The van der Waals surface area contributed by atoms with Crippen LogP contribution < -0.4 is 0 Å². The molecule has 0 atom stereocenters. The van der Waals surface area contributed by atoms with Gasteiger partial charge in [-0.3, -0.25) is 0 Å². The Morgan fingerprint density at radius 3 is 2.91 bits per heavy atom. The van der Waals surface area contributed by atoms with Crippen molar-refractivity contribution in [1.29, 1.82) is 0 Å². The van der Waals surface area contributed by atoms with Gasteiger partial charge >= 0.3 is 0 Å². The lowest BCUT2D eigenvalue weighted by molar-refractivity contribution is -0.542. The average Bonchev–Trinajstić information content (AvgIpc) is 1.84. The summed E-state index contributed by atoms with van der Waals surface area (Å²) < 4.78 is 2.22. The number of hydrogen-bond acceptors (Lipinski definition) is 0. The third-order valence-corrected chi connectivity index (χ3v) is 1.68. The Kier molecular flexibility index (Phi) is 2.92. The van der Waals surface area contributed by atoms with Crippen molar-refractivity contribution in [2.75, 3.05) is 6.54 Å². The van der Waals surface area contributed by atoms with Gasteiger partial charge in [0, 0.05) is 6.42 Å². The lowest BCUT2D eigenvalue weighted by Gasteiger charge is -2.02. The van der Waals surface area contributed by atoms with Crippen LogP contribution in [0.15, 0.2) is 12.2 Å². The molecule has 0 aromatic rings. The number of nitrogens with zero attached hydrogens (tertiary/aromatic N) is 1. The maximum atomic E-state index is 3.11.